The summed E-state index contributed by atoms with van der Waals surface area (Å²) in [7, 11) is 0. The van der Waals surface area contributed by atoms with Gasteiger partial charge in [-0.05, 0) is 31.4 Å². The predicted octanol–water partition coefficient (Wildman–Crippen LogP) is 3.13. The monoisotopic (exact) mass is 384 g/mol. The van der Waals surface area contributed by atoms with Gasteiger partial charge in [-0.15, -0.1) is 0 Å². The van der Waals surface area contributed by atoms with Gasteiger partial charge in [0.25, 0.3) is 11.8 Å². The maximum Gasteiger partial charge on any atom is 0.338 e. The fraction of sp³-hybridized carbons (Fsp3) is 0.381. The van der Waals surface area contributed by atoms with E-state index in [1.54, 1.807) is 17.0 Å². The molecule has 7 heteroatoms. The molecule has 7 nitrogen and oxygen atoms in total. The lowest BCUT2D eigenvalue weighted by molar-refractivity contribution is 0.0497. The quantitative estimate of drug-likeness (QED) is 0.826. The average molecular weight is 384 g/mol. The summed E-state index contributed by atoms with van der Waals surface area (Å²) < 4.78 is 5.19. The van der Waals surface area contributed by atoms with Crippen LogP contribution < -0.4 is 0 Å². The maximum absolute atomic E-state index is 12.9. The molecule has 1 saturated heterocycles. The molecule has 1 N–H and O–H groups in total. The Morgan fingerprint density at radius 2 is 1.82 bits per heavy atom. The number of amides is 2. The molecular formula is C21H24N2O5. The summed E-state index contributed by atoms with van der Waals surface area (Å²) in [6.45, 7) is 3.69. The van der Waals surface area contributed by atoms with Crippen LogP contribution in [0.25, 0.3) is 0 Å². The fourth-order valence-electron chi connectivity index (χ4n) is 3.54. The van der Waals surface area contributed by atoms with Crippen LogP contribution in [0.4, 0.5) is 0 Å². The van der Waals surface area contributed by atoms with Gasteiger partial charge in [-0.25, -0.2) is 4.79 Å². The molecule has 1 aliphatic heterocycles. The largest absolute Gasteiger partial charge is 0.478 e. The van der Waals surface area contributed by atoms with Crippen LogP contribution in [0.2, 0.25) is 0 Å². The van der Waals surface area contributed by atoms with Crippen LogP contribution in [-0.2, 0) is 0 Å². The Morgan fingerprint density at radius 3 is 2.39 bits per heavy atom. The van der Waals surface area contributed by atoms with E-state index in [4.69, 9.17) is 9.52 Å². The number of benzene rings is 1. The maximum atomic E-state index is 12.9. The molecule has 3 rings (SSSR count). The Bertz CT molecular complexity index is 837. The minimum atomic E-state index is -1.13. The van der Waals surface area contributed by atoms with E-state index in [0.717, 1.165) is 12.7 Å². The summed E-state index contributed by atoms with van der Waals surface area (Å²) in [4.78, 5) is 40.1. The van der Waals surface area contributed by atoms with E-state index in [1.165, 1.54) is 6.07 Å². The van der Waals surface area contributed by atoms with Crippen molar-refractivity contribution >= 4 is 17.8 Å². The van der Waals surface area contributed by atoms with Crippen LogP contribution in [0.1, 0.15) is 57.5 Å². The molecule has 28 heavy (non-hydrogen) atoms. The van der Waals surface area contributed by atoms with Gasteiger partial charge in [-0.3, -0.25) is 9.59 Å². The van der Waals surface area contributed by atoms with Gasteiger partial charge in [-0.1, -0.05) is 25.1 Å². The third kappa shape index (κ3) is 4.24. The van der Waals surface area contributed by atoms with Gasteiger partial charge < -0.3 is 19.3 Å². The molecule has 1 aromatic carbocycles. The Hall–Kier alpha value is -3.09. The standard InChI is InChI=1S/C21H24N2O5/c1-2-10-23(20(25)18-13-16(14-28-18)21(26)27)17-8-11-22(12-9-17)19(24)15-6-4-3-5-7-15/h3-7,13-14,17H,2,8-12H2,1H3,(H,26,27). The van der Waals surface area contributed by atoms with E-state index in [-0.39, 0.29) is 29.2 Å². The highest BCUT2D eigenvalue weighted by Crippen LogP contribution is 2.22. The van der Waals surface area contributed by atoms with E-state index >= 15 is 0 Å². The number of likely N-dealkylation sites (tertiary alicyclic amines) is 1. The highest BCUT2D eigenvalue weighted by Gasteiger charge is 2.31. The summed E-state index contributed by atoms with van der Waals surface area (Å²) in [6, 6.07) is 10.4. The molecule has 0 spiro atoms. The number of carbonyl (C=O) groups is 3. The fourth-order valence-corrected chi connectivity index (χ4v) is 3.54. The Balaban J connectivity index is 1.66. The van der Waals surface area contributed by atoms with Crippen LogP contribution in [-0.4, -0.2) is 58.4 Å². The summed E-state index contributed by atoms with van der Waals surface area (Å²) in [5.41, 5.74) is 0.627. The van der Waals surface area contributed by atoms with Crippen LogP contribution >= 0.6 is 0 Å². The smallest absolute Gasteiger partial charge is 0.338 e. The second-order valence-electron chi connectivity index (χ2n) is 6.89. The van der Waals surface area contributed by atoms with Gasteiger partial charge in [-0.2, -0.15) is 0 Å². The van der Waals surface area contributed by atoms with Crippen molar-refractivity contribution in [1.82, 2.24) is 9.80 Å². The molecule has 0 saturated carbocycles. The van der Waals surface area contributed by atoms with E-state index < -0.39 is 5.97 Å². The molecule has 2 heterocycles. The van der Waals surface area contributed by atoms with Crippen molar-refractivity contribution < 1.29 is 23.9 Å². The molecular weight excluding hydrogens is 360 g/mol. The zero-order chi connectivity index (χ0) is 20.1. The second-order valence-corrected chi connectivity index (χ2v) is 6.89. The number of furan rings is 1. The number of aromatic carboxylic acids is 1. The summed E-state index contributed by atoms with van der Waals surface area (Å²) in [5, 5.41) is 9.02. The van der Waals surface area contributed by atoms with Gasteiger partial charge in [0.1, 0.15) is 6.26 Å². The molecule has 0 aliphatic carbocycles. The van der Waals surface area contributed by atoms with Crippen LogP contribution in [0, 0.1) is 0 Å². The molecule has 1 aromatic heterocycles. The Morgan fingerprint density at radius 1 is 1.14 bits per heavy atom. The zero-order valence-electron chi connectivity index (χ0n) is 15.8. The van der Waals surface area contributed by atoms with Crippen molar-refractivity contribution in [2.45, 2.75) is 32.2 Å². The molecule has 1 aliphatic rings. The predicted molar refractivity (Wildman–Crippen MR) is 102 cm³/mol. The van der Waals surface area contributed by atoms with Crippen LogP contribution in [0.5, 0.6) is 0 Å². The van der Waals surface area contributed by atoms with Crippen molar-refractivity contribution in [2.24, 2.45) is 0 Å². The Kier molecular flexibility index (Phi) is 6.13. The number of nitrogens with zero attached hydrogens (tertiary/aromatic N) is 2. The number of piperidine rings is 1. The lowest BCUT2D eigenvalue weighted by Gasteiger charge is -2.38. The Labute approximate surface area is 163 Å². The van der Waals surface area contributed by atoms with E-state index in [2.05, 4.69) is 0 Å². The molecule has 1 fully saturated rings. The van der Waals surface area contributed by atoms with Gasteiger partial charge in [0.05, 0.1) is 5.56 Å². The summed E-state index contributed by atoms with van der Waals surface area (Å²) in [6.07, 6.45) is 3.22. The summed E-state index contributed by atoms with van der Waals surface area (Å²) in [5.74, 6) is -1.39. The zero-order valence-corrected chi connectivity index (χ0v) is 15.8. The number of hydrogen-bond acceptors (Lipinski definition) is 4. The van der Waals surface area contributed by atoms with Crippen molar-refractivity contribution in [3.63, 3.8) is 0 Å². The van der Waals surface area contributed by atoms with Gasteiger partial charge in [0.2, 0.25) is 0 Å². The second kappa shape index (κ2) is 8.73. The molecule has 0 unspecified atom stereocenters. The van der Waals surface area contributed by atoms with Gasteiger partial charge in [0.15, 0.2) is 5.76 Å². The molecule has 2 aromatic rings. The third-order valence-electron chi connectivity index (χ3n) is 5.00. The SMILES string of the molecule is CCCN(C(=O)c1cc(C(=O)O)co1)C1CCN(C(=O)c2ccccc2)CC1. The first kappa shape index (κ1) is 19.7. The number of carboxylic acids is 1. The molecule has 0 radical (unpaired) electrons. The highest BCUT2D eigenvalue weighted by atomic mass is 16.4. The lowest BCUT2D eigenvalue weighted by Crippen LogP contribution is -2.49. The number of carboxylic acid groups (broad SMARTS) is 1. The normalized spacial score (nSPS) is 14.7. The summed E-state index contributed by atoms with van der Waals surface area (Å²) >= 11 is 0. The number of rotatable bonds is 6. The average Bonchev–Trinajstić information content (AvgIpc) is 3.22. The minimum Gasteiger partial charge on any atom is -0.478 e. The van der Waals surface area contributed by atoms with E-state index in [9.17, 15) is 14.4 Å². The highest BCUT2D eigenvalue weighted by molar-refractivity contribution is 5.96. The molecule has 148 valence electrons. The van der Waals surface area contributed by atoms with Crippen molar-refractivity contribution in [2.75, 3.05) is 19.6 Å². The van der Waals surface area contributed by atoms with Gasteiger partial charge in [0, 0.05) is 37.3 Å². The van der Waals surface area contributed by atoms with Crippen molar-refractivity contribution in [3.05, 3.63) is 59.5 Å². The van der Waals surface area contributed by atoms with Crippen LogP contribution in [0.3, 0.4) is 0 Å². The molecule has 2 amide bonds. The van der Waals surface area contributed by atoms with E-state index in [1.807, 2.05) is 30.0 Å². The first-order valence-electron chi connectivity index (χ1n) is 9.48. The van der Waals surface area contributed by atoms with Crippen molar-refractivity contribution in [1.29, 1.82) is 0 Å². The number of carbonyl (C=O) groups excluding carboxylic acids is 2. The van der Waals surface area contributed by atoms with Crippen LogP contribution in [0.15, 0.2) is 47.1 Å². The van der Waals surface area contributed by atoms with E-state index in [0.29, 0.717) is 38.0 Å². The first-order chi connectivity index (χ1) is 13.5. The molecule has 0 bridgehead atoms. The lowest BCUT2D eigenvalue weighted by atomic mass is 10.0. The van der Waals surface area contributed by atoms with Gasteiger partial charge >= 0.3 is 5.97 Å². The minimum absolute atomic E-state index is 0.00422. The molecule has 0 atom stereocenters. The number of hydrogen-bond donors (Lipinski definition) is 1. The first-order valence-corrected chi connectivity index (χ1v) is 9.48. The topological polar surface area (TPSA) is 91.1 Å². The van der Waals surface area contributed by atoms with Crippen molar-refractivity contribution in [3.8, 4) is 0 Å². The third-order valence-corrected chi connectivity index (χ3v) is 5.00.